The highest BCUT2D eigenvalue weighted by Crippen LogP contribution is 2.22. The molecule has 2 heterocycles. The van der Waals surface area contributed by atoms with Crippen LogP contribution in [0.1, 0.15) is 38.2 Å². The summed E-state index contributed by atoms with van der Waals surface area (Å²) in [7, 11) is 0. The van der Waals surface area contributed by atoms with Crippen LogP contribution >= 0.6 is 0 Å². The standard InChI is InChI=1S/C19H25N3O3/c1-2-21-13-15(11-18(21)24)19(25)20-12-14-6-5-7-16(10-14)22-9-4-3-8-17(22)23/h5-7,10,15H,2-4,8-9,11-13H2,1H3,(H,20,25)/t15-/m1/s1. The highest BCUT2D eigenvalue weighted by molar-refractivity contribution is 5.94. The predicted octanol–water partition coefficient (Wildman–Crippen LogP) is 1.69. The zero-order valence-corrected chi connectivity index (χ0v) is 14.7. The molecule has 1 aromatic rings. The summed E-state index contributed by atoms with van der Waals surface area (Å²) in [6.07, 6.45) is 2.88. The minimum absolute atomic E-state index is 0.0493. The highest BCUT2D eigenvalue weighted by Gasteiger charge is 2.33. The summed E-state index contributed by atoms with van der Waals surface area (Å²) >= 11 is 0. The number of amides is 3. The molecule has 1 N–H and O–H groups in total. The van der Waals surface area contributed by atoms with Crippen LogP contribution in [0.15, 0.2) is 24.3 Å². The van der Waals surface area contributed by atoms with Gasteiger partial charge in [0.1, 0.15) is 0 Å². The summed E-state index contributed by atoms with van der Waals surface area (Å²) in [6, 6.07) is 7.75. The van der Waals surface area contributed by atoms with Crippen LogP contribution < -0.4 is 10.2 Å². The SMILES string of the molecule is CCN1C[C@H](C(=O)NCc2cccc(N3CCCCC3=O)c2)CC1=O. The van der Waals surface area contributed by atoms with E-state index in [2.05, 4.69) is 5.32 Å². The summed E-state index contributed by atoms with van der Waals surface area (Å²) < 4.78 is 0. The fraction of sp³-hybridized carbons (Fsp3) is 0.526. The number of nitrogens with zero attached hydrogens (tertiary/aromatic N) is 2. The van der Waals surface area contributed by atoms with Gasteiger partial charge in [0.15, 0.2) is 0 Å². The van der Waals surface area contributed by atoms with E-state index in [1.165, 1.54) is 0 Å². The fourth-order valence-electron chi connectivity index (χ4n) is 3.50. The first kappa shape index (κ1) is 17.5. The van der Waals surface area contributed by atoms with Crippen LogP contribution in [-0.2, 0) is 20.9 Å². The highest BCUT2D eigenvalue weighted by atomic mass is 16.2. The van der Waals surface area contributed by atoms with E-state index >= 15 is 0 Å². The topological polar surface area (TPSA) is 69.7 Å². The van der Waals surface area contributed by atoms with Gasteiger partial charge in [0.25, 0.3) is 0 Å². The van der Waals surface area contributed by atoms with Crippen LogP contribution in [0.25, 0.3) is 0 Å². The van der Waals surface area contributed by atoms with Crippen molar-refractivity contribution in [3.63, 3.8) is 0 Å². The van der Waals surface area contributed by atoms with Crippen LogP contribution in [0.2, 0.25) is 0 Å². The number of carbonyl (C=O) groups is 3. The van der Waals surface area contributed by atoms with E-state index in [0.29, 0.717) is 32.5 Å². The Morgan fingerprint density at radius 3 is 2.80 bits per heavy atom. The Bertz CT molecular complexity index is 674. The van der Waals surface area contributed by atoms with Gasteiger partial charge < -0.3 is 15.1 Å². The van der Waals surface area contributed by atoms with Gasteiger partial charge in [0, 0.05) is 44.7 Å². The lowest BCUT2D eigenvalue weighted by Gasteiger charge is -2.27. The maximum absolute atomic E-state index is 12.3. The van der Waals surface area contributed by atoms with Crippen LogP contribution in [0.5, 0.6) is 0 Å². The Labute approximate surface area is 148 Å². The van der Waals surface area contributed by atoms with Crippen LogP contribution in [0.3, 0.4) is 0 Å². The first-order chi connectivity index (χ1) is 12.1. The Morgan fingerprint density at radius 2 is 2.08 bits per heavy atom. The van der Waals surface area contributed by atoms with Crippen molar-refractivity contribution in [3.05, 3.63) is 29.8 Å². The molecule has 3 amide bonds. The molecule has 6 nitrogen and oxygen atoms in total. The van der Waals surface area contributed by atoms with E-state index in [-0.39, 0.29) is 23.6 Å². The van der Waals surface area contributed by atoms with Crippen molar-refractivity contribution in [2.75, 3.05) is 24.5 Å². The molecule has 0 unspecified atom stereocenters. The van der Waals surface area contributed by atoms with Gasteiger partial charge in [0.05, 0.1) is 5.92 Å². The first-order valence-corrected chi connectivity index (χ1v) is 9.03. The molecule has 0 radical (unpaired) electrons. The number of nitrogens with one attached hydrogen (secondary N) is 1. The Kier molecular flexibility index (Phi) is 5.36. The van der Waals surface area contributed by atoms with Gasteiger partial charge in [-0.15, -0.1) is 0 Å². The lowest BCUT2D eigenvalue weighted by molar-refractivity contribution is -0.128. The minimum atomic E-state index is -0.265. The molecule has 2 saturated heterocycles. The molecule has 0 aliphatic carbocycles. The Hall–Kier alpha value is -2.37. The number of benzene rings is 1. The summed E-state index contributed by atoms with van der Waals surface area (Å²) in [4.78, 5) is 39.7. The lowest BCUT2D eigenvalue weighted by Crippen LogP contribution is -2.35. The summed E-state index contributed by atoms with van der Waals surface area (Å²) in [6.45, 7) is 4.24. The van der Waals surface area contributed by atoms with Crippen molar-refractivity contribution in [1.82, 2.24) is 10.2 Å². The second-order valence-corrected chi connectivity index (χ2v) is 6.72. The van der Waals surface area contributed by atoms with Crippen molar-refractivity contribution in [2.24, 2.45) is 5.92 Å². The van der Waals surface area contributed by atoms with Crippen molar-refractivity contribution in [2.45, 2.75) is 39.2 Å². The molecule has 2 aliphatic rings. The van der Waals surface area contributed by atoms with Crippen molar-refractivity contribution in [1.29, 1.82) is 0 Å². The van der Waals surface area contributed by atoms with E-state index in [9.17, 15) is 14.4 Å². The molecule has 1 aromatic carbocycles. The third kappa shape index (κ3) is 4.00. The molecule has 6 heteroatoms. The van der Waals surface area contributed by atoms with E-state index in [1.807, 2.05) is 36.1 Å². The summed E-state index contributed by atoms with van der Waals surface area (Å²) in [5.74, 6) is -0.132. The fourth-order valence-corrected chi connectivity index (χ4v) is 3.50. The largest absolute Gasteiger partial charge is 0.352 e. The normalized spacial score (nSPS) is 20.9. The third-order valence-electron chi connectivity index (χ3n) is 4.98. The maximum atomic E-state index is 12.3. The minimum Gasteiger partial charge on any atom is -0.352 e. The number of likely N-dealkylation sites (tertiary alicyclic amines) is 1. The molecule has 0 aromatic heterocycles. The van der Waals surface area contributed by atoms with Crippen molar-refractivity contribution < 1.29 is 14.4 Å². The van der Waals surface area contributed by atoms with Crippen LogP contribution in [0.4, 0.5) is 5.69 Å². The average Bonchev–Trinajstić information content (AvgIpc) is 3.01. The molecule has 2 aliphatic heterocycles. The molecule has 2 fully saturated rings. The molecule has 25 heavy (non-hydrogen) atoms. The van der Waals surface area contributed by atoms with Gasteiger partial charge in [-0.2, -0.15) is 0 Å². The lowest BCUT2D eigenvalue weighted by atomic mass is 10.1. The monoisotopic (exact) mass is 343 g/mol. The quantitative estimate of drug-likeness (QED) is 0.884. The van der Waals surface area contributed by atoms with Gasteiger partial charge >= 0.3 is 0 Å². The van der Waals surface area contributed by atoms with Gasteiger partial charge in [0.2, 0.25) is 17.7 Å². The van der Waals surface area contributed by atoms with E-state index in [0.717, 1.165) is 30.6 Å². The number of piperidine rings is 1. The summed E-state index contributed by atoms with van der Waals surface area (Å²) in [5, 5.41) is 2.93. The second-order valence-electron chi connectivity index (χ2n) is 6.72. The zero-order chi connectivity index (χ0) is 17.8. The number of rotatable bonds is 5. The van der Waals surface area contributed by atoms with Crippen LogP contribution in [-0.4, -0.2) is 42.3 Å². The van der Waals surface area contributed by atoms with Crippen molar-refractivity contribution in [3.8, 4) is 0 Å². The Morgan fingerprint density at radius 1 is 1.24 bits per heavy atom. The number of carbonyl (C=O) groups excluding carboxylic acids is 3. The maximum Gasteiger partial charge on any atom is 0.226 e. The first-order valence-electron chi connectivity index (χ1n) is 9.03. The summed E-state index contributed by atoms with van der Waals surface area (Å²) in [5.41, 5.74) is 1.85. The van der Waals surface area contributed by atoms with Gasteiger partial charge in [-0.05, 0) is 37.5 Å². The average molecular weight is 343 g/mol. The van der Waals surface area contributed by atoms with Gasteiger partial charge in [-0.25, -0.2) is 0 Å². The third-order valence-corrected chi connectivity index (χ3v) is 4.98. The van der Waals surface area contributed by atoms with E-state index < -0.39 is 0 Å². The molecule has 0 bridgehead atoms. The van der Waals surface area contributed by atoms with Gasteiger partial charge in [-0.3, -0.25) is 14.4 Å². The van der Waals surface area contributed by atoms with Crippen molar-refractivity contribution >= 4 is 23.4 Å². The molecule has 3 rings (SSSR count). The molecule has 134 valence electrons. The van der Waals surface area contributed by atoms with Crippen LogP contribution in [0, 0.1) is 5.92 Å². The zero-order valence-electron chi connectivity index (χ0n) is 14.7. The number of hydrogen-bond donors (Lipinski definition) is 1. The van der Waals surface area contributed by atoms with E-state index in [4.69, 9.17) is 0 Å². The van der Waals surface area contributed by atoms with Gasteiger partial charge in [-0.1, -0.05) is 12.1 Å². The number of hydrogen-bond acceptors (Lipinski definition) is 3. The number of anilines is 1. The molecule has 0 spiro atoms. The molecule has 1 atom stereocenters. The Balaban J connectivity index is 1.58. The second kappa shape index (κ2) is 7.68. The van der Waals surface area contributed by atoms with E-state index in [1.54, 1.807) is 4.90 Å². The molecular formula is C19H25N3O3. The smallest absolute Gasteiger partial charge is 0.226 e. The molecule has 0 saturated carbocycles. The molecular weight excluding hydrogens is 318 g/mol. The predicted molar refractivity (Wildman–Crippen MR) is 94.9 cm³/mol.